The normalized spacial score (nSPS) is 11.8. The number of ether oxygens (including phenoxy) is 1. The van der Waals surface area contributed by atoms with E-state index in [2.05, 4.69) is 18.7 Å². The molecule has 0 saturated carbocycles. The highest BCUT2D eigenvalue weighted by Gasteiger charge is 1.99. The first-order chi connectivity index (χ1) is 6.29. The van der Waals surface area contributed by atoms with Crippen LogP contribution < -0.4 is 0 Å². The highest BCUT2D eigenvalue weighted by Crippen LogP contribution is 2.18. The molecule has 0 aliphatic rings. The van der Waals surface area contributed by atoms with Crippen molar-refractivity contribution in [3.05, 3.63) is 54.3 Å². The maximum Gasteiger partial charge on any atom is 0.121 e. The molecule has 1 aromatic carbocycles. The van der Waals surface area contributed by atoms with Crippen LogP contribution in [0, 0.1) is 0 Å². The van der Waals surface area contributed by atoms with Gasteiger partial charge < -0.3 is 4.74 Å². The summed E-state index contributed by atoms with van der Waals surface area (Å²) in [4.78, 5) is 0. The van der Waals surface area contributed by atoms with E-state index in [4.69, 9.17) is 4.74 Å². The minimum absolute atomic E-state index is 0.825. The second-order valence-electron chi connectivity index (χ2n) is 2.76. The van der Waals surface area contributed by atoms with E-state index in [1.54, 1.807) is 13.2 Å². The molecule has 1 aromatic rings. The Labute approximate surface area is 79.4 Å². The lowest BCUT2D eigenvalue weighted by Crippen LogP contribution is -1.87. The number of methoxy groups -OCH3 is 1. The van der Waals surface area contributed by atoms with Crippen molar-refractivity contribution in [1.82, 2.24) is 0 Å². The Morgan fingerprint density at radius 1 is 1.31 bits per heavy atom. The van der Waals surface area contributed by atoms with Gasteiger partial charge in [-0.3, -0.25) is 0 Å². The van der Waals surface area contributed by atoms with Gasteiger partial charge in [-0.2, -0.15) is 0 Å². The second-order valence-corrected chi connectivity index (χ2v) is 2.76. The van der Waals surface area contributed by atoms with E-state index >= 15 is 0 Å². The van der Waals surface area contributed by atoms with Crippen molar-refractivity contribution in [3.63, 3.8) is 0 Å². The third-order valence-electron chi connectivity index (χ3n) is 1.98. The minimum atomic E-state index is 0.825. The van der Waals surface area contributed by atoms with E-state index in [-0.39, 0.29) is 0 Å². The molecule has 0 spiro atoms. The lowest BCUT2D eigenvalue weighted by atomic mass is 10.1. The van der Waals surface area contributed by atoms with Crippen molar-refractivity contribution < 1.29 is 4.74 Å². The van der Waals surface area contributed by atoms with Gasteiger partial charge in [0.2, 0.25) is 0 Å². The van der Waals surface area contributed by atoms with E-state index < -0.39 is 0 Å². The standard InChI is InChI=1S/C12H14O/c1-4-12(13-3)10(2)11-8-6-5-7-9-11/h4-9H,1H2,2-3H3/b12-10+. The number of allylic oxidation sites excluding steroid dienone is 2. The van der Waals surface area contributed by atoms with Crippen LogP contribution in [0.4, 0.5) is 0 Å². The van der Waals surface area contributed by atoms with E-state index in [1.807, 2.05) is 25.1 Å². The number of benzene rings is 1. The Morgan fingerprint density at radius 3 is 2.38 bits per heavy atom. The third kappa shape index (κ3) is 2.22. The van der Waals surface area contributed by atoms with Crippen molar-refractivity contribution in [2.75, 3.05) is 7.11 Å². The van der Waals surface area contributed by atoms with Gasteiger partial charge in [-0.05, 0) is 24.1 Å². The Morgan fingerprint density at radius 2 is 1.92 bits per heavy atom. The summed E-state index contributed by atoms with van der Waals surface area (Å²) < 4.78 is 5.18. The second kappa shape index (κ2) is 4.51. The first-order valence-electron chi connectivity index (χ1n) is 4.22. The van der Waals surface area contributed by atoms with Crippen LogP contribution in [0.25, 0.3) is 5.57 Å². The summed E-state index contributed by atoms with van der Waals surface area (Å²) in [5, 5.41) is 0. The quantitative estimate of drug-likeness (QED) is 0.505. The summed E-state index contributed by atoms with van der Waals surface area (Å²) in [5.74, 6) is 0.825. The van der Waals surface area contributed by atoms with Crippen LogP contribution in [0.3, 0.4) is 0 Å². The lowest BCUT2D eigenvalue weighted by Gasteiger charge is -2.06. The number of rotatable bonds is 3. The van der Waals surface area contributed by atoms with Crippen molar-refractivity contribution in [2.24, 2.45) is 0 Å². The molecule has 1 heteroatoms. The molecule has 0 fully saturated rings. The van der Waals surface area contributed by atoms with Crippen molar-refractivity contribution >= 4 is 5.57 Å². The van der Waals surface area contributed by atoms with Gasteiger partial charge in [0.15, 0.2) is 0 Å². The molecular weight excluding hydrogens is 160 g/mol. The van der Waals surface area contributed by atoms with Gasteiger partial charge >= 0.3 is 0 Å². The molecule has 0 N–H and O–H groups in total. The van der Waals surface area contributed by atoms with Crippen molar-refractivity contribution in [3.8, 4) is 0 Å². The average molecular weight is 174 g/mol. The van der Waals surface area contributed by atoms with Crippen LogP contribution in [-0.4, -0.2) is 7.11 Å². The SMILES string of the molecule is C=C/C(OC)=C(/C)c1ccccc1. The fourth-order valence-electron chi connectivity index (χ4n) is 1.22. The van der Waals surface area contributed by atoms with E-state index in [0.717, 1.165) is 11.3 Å². The number of hydrogen-bond acceptors (Lipinski definition) is 1. The molecule has 0 heterocycles. The van der Waals surface area contributed by atoms with Gasteiger partial charge in [0.1, 0.15) is 5.76 Å². The first kappa shape index (κ1) is 9.59. The fraction of sp³-hybridized carbons (Fsp3) is 0.167. The maximum absolute atomic E-state index is 5.18. The lowest BCUT2D eigenvalue weighted by molar-refractivity contribution is 0.309. The van der Waals surface area contributed by atoms with Crippen LogP contribution >= 0.6 is 0 Å². The zero-order valence-electron chi connectivity index (χ0n) is 8.08. The molecule has 0 aliphatic heterocycles. The zero-order valence-corrected chi connectivity index (χ0v) is 8.08. The van der Waals surface area contributed by atoms with Crippen LogP contribution in [0.2, 0.25) is 0 Å². The molecule has 1 nitrogen and oxygen atoms in total. The third-order valence-corrected chi connectivity index (χ3v) is 1.98. The Bertz CT molecular complexity index is 309. The van der Waals surface area contributed by atoms with Crippen LogP contribution in [0.1, 0.15) is 12.5 Å². The summed E-state index contributed by atoms with van der Waals surface area (Å²) in [6, 6.07) is 10.1. The Balaban J connectivity index is 3.08. The van der Waals surface area contributed by atoms with E-state index in [9.17, 15) is 0 Å². The Kier molecular flexibility index (Phi) is 3.32. The summed E-state index contributed by atoms with van der Waals surface area (Å²) in [6.07, 6.45) is 1.72. The van der Waals surface area contributed by atoms with Gasteiger partial charge in [0.05, 0.1) is 7.11 Å². The predicted molar refractivity (Wildman–Crippen MR) is 56.2 cm³/mol. The molecule has 0 saturated heterocycles. The van der Waals surface area contributed by atoms with Gasteiger partial charge in [-0.15, -0.1) is 0 Å². The van der Waals surface area contributed by atoms with E-state index in [1.165, 1.54) is 5.56 Å². The molecule has 1 rings (SSSR count). The zero-order chi connectivity index (χ0) is 9.68. The average Bonchev–Trinajstić information content (AvgIpc) is 2.21. The molecule has 0 aliphatic carbocycles. The van der Waals surface area contributed by atoms with Crippen LogP contribution in [0.15, 0.2) is 48.7 Å². The van der Waals surface area contributed by atoms with Gasteiger partial charge in [-0.1, -0.05) is 36.9 Å². The predicted octanol–water partition coefficient (Wildman–Crippen LogP) is 3.25. The van der Waals surface area contributed by atoms with Gasteiger partial charge in [-0.25, -0.2) is 0 Å². The monoisotopic (exact) mass is 174 g/mol. The topological polar surface area (TPSA) is 9.23 Å². The van der Waals surface area contributed by atoms with Crippen molar-refractivity contribution in [2.45, 2.75) is 6.92 Å². The molecule has 0 bridgehead atoms. The van der Waals surface area contributed by atoms with Crippen LogP contribution in [0.5, 0.6) is 0 Å². The summed E-state index contributed by atoms with van der Waals surface area (Å²) in [6.45, 7) is 5.72. The molecule has 0 atom stereocenters. The van der Waals surface area contributed by atoms with E-state index in [0.29, 0.717) is 0 Å². The maximum atomic E-state index is 5.18. The van der Waals surface area contributed by atoms with Crippen LogP contribution in [-0.2, 0) is 4.74 Å². The molecular formula is C12H14O. The number of hydrogen-bond donors (Lipinski definition) is 0. The smallest absolute Gasteiger partial charge is 0.121 e. The molecule has 0 aromatic heterocycles. The largest absolute Gasteiger partial charge is 0.496 e. The van der Waals surface area contributed by atoms with Crippen molar-refractivity contribution in [1.29, 1.82) is 0 Å². The highest BCUT2D eigenvalue weighted by molar-refractivity contribution is 5.67. The summed E-state index contributed by atoms with van der Waals surface area (Å²) in [5.41, 5.74) is 2.28. The molecule has 0 unspecified atom stereocenters. The Hall–Kier alpha value is -1.50. The summed E-state index contributed by atoms with van der Waals surface area (Å²) in [7, 11) is 1.66. The summed E-state index contributed by atoms with van der Waals surface area (Å²) >= 11 is 0. The van der Waals surface area contributed by atoms with Gasteiger partial charge in [0.25, 0.3) is 0 Å². The molecule has 13 heavy (non-hydrogen) atoms. The first-order valence-corrected chi connectivity index (χ1v) is 4.22. The fourth-order valence-corrected chi connectivity index (χ4v) is 1.22. The minimum Gasteiger partial charge on any atom is -0.496 e. The molecule has 68 valence electrons. The van der Waals surface area contributed by atoms with Gasteiger partial charge in [0, 0.05) is 0 Å². The highest BCUT2D eigenvalue weighted by atomic mass is 16.5. The molecule has 0 amide bonds. The molecule has 0 radical (unpaired) electrons.